The molecule has 0 atom stereocenters. The van der Waals surface area contributed by atoms with Gasteiger partial charge in [0.2, 0.25) is 0 Å². The number of nitrogens with one attached hydrogen (secondary N) is 1. The van der Waals surface area contributed by atoms with Crippen LogP contribution in [-0.2, 0) is 0 Å². The molecule has 4 nitrogen and oxygen atoms in total. The molecular weight excluding hydrogens is 224 g/mol. The number of aromatic nitrogens is 2. The lowest BCUT2D eigenvalue weighted by molar-refractivity contribution is 0.585. The van der Waals surface area contributed by atoms with Crippen molar-refractivity contribution in [1.29, 1.82) is 0 Å². The number of hydrogen-bond acceptors (Lipinski definition) is 4. The predicted molar refractivity (Wildman–Crippen MR) is 72.6 cm³/mol. The molecule has 92 valence electrons. The average Bonchev–Trinajstić information content (AvgIpc) is 2.49. The molecule has 4 heteroatoms. The molecule has 1 aliphatic heterocycles. The van der Waals surface area contributed by atoms with Crippen molar-refractivity contribution in [3.63, 3.8) is 0 Å². The highest BCUT2D eigenvalue weighted by molar-refractivity contribution is 5.60. The molecule has 0 amide bonds. The Morgan fingerprint density at radius 1 is 1.00 bits per heavy atom. The molecule has 2 aromatic heterocycles. The monoisotopic (exact) mass is 240 g/mol. The van der Waals surface area contributed by atoms with Crippen molar-refractivity contribution in [2.24, 2.45) is 0 Å². The van der Waals surface area contributed by atoms with Crippen molar-refractivity contribution in [3.05, 3.63) is 42.7 Å². The summed E-state index contributed by atoms with van der Waals surface area (Å²) in [6.45, 7) is 4.10. The fourth-order valence-corrected chi connectivity index (χ4v) is 2.18. The molecular formula is C14H16N4. The number of pyridine rings is 2. The van der Waals surface area contributed by atoms with Gasteiger partial charge in [0.15, 0.2) is 0 Å². The minimum absolute atomic E-state index is 1.01. The van der Waals surface area contributed by atoms with E-state index in [0.717, 1.165) is 43.3 Å². The highest BCUT2D eigenvalue weighted by Crippen LogP contribution is 2.20. The van der Waals surface area contributed by atoms with Gasteiger partial charge in [-0.2, -0.15) is 0 Å². The summed E-state index contributed by atoms with van der Waals surface area (Å²) < 4.78 is 0. The largest absolute Gasteiger partial charge is 0.354 e. The van der Waals surface area contributed by atoms with E-state index in [1.54, 1.807) is 12.4 Å². The predicted octanol–water partition coefficient (Wildman–Crippen LogP) is 1.55. The molecule has 0 unspecified atom stereocenters. The summed E-state index contributed by atoms with van der Waals surface area (Å²) in [6.07, 6.45) is 3.60. The first kappa shape index (κ1) is 11.2. The molecule has 0 aromatic carbocycles. The van der Waals surface area contributed by atoms with Gasteiger partial charge in [-0.1, -0.05) is 6.07 Å². The van der Waals surface area contributed by atoms with Gasteiger partial charge in [0.25, 0.3) is 0 Å². The lowest BCUT2D eigenvalue weighted by Crippen LogP contribution is -2.43. The number of hydrogen-bond donors (Lipinski definition) is 1. The maximum absolute atomic E-state index is 4.74. The summed E-state index contributed by atoms with van der Waals surface area (Å²) in [4.78, 5) is 11.1. The quantitative estimate of drug-likeness (QED) is 0.864. The average molecular weight is 240 g/mol. The van der Waals surface area contributed by atoms with Crippen LogP contribution in [0.4, 0.5) is 5.82 Å². The van der Waals surface area contributed by atoms with Gasteiger partial charge in [0, 0.05) is 44.1 Å². The third-order valence-electron chi connectivity index (χ3n) is 3.15. The Labute approximate surface area is 107 Å². The first-order valence-corrected chi connectivity index (χ1v) is 6.26. The Bertz CT molecular complexity index is 506. The Balaban J connectivity index is 1.89. The molecule has 0 saturated carbocycles. The van der Waals surface area contributed by atoms with E-state index in [1.807, 2.05) is 18.2 Å². The molecule has 0 spiro atoms. The first-order chi connectivity index (χ1) is 8.93. The first-order valence-electron chi connectivity index (χ1n) is 6.26. The second-order valence-corrected chi connectivity index (χ2v) is 4.35. The van der Waals surface area contributed by atoms with Crippen LogP contribution in [-0.4, -0.2) is 36.1 Å². The Kier molecular flexibility index (Phi) is 3.19. The second kappa shape index (κ2) is 5.14. The van der Waals surface area contributed by atoms with Gasteiger partial charge in [0.1, 0.15) is 5.82 Å². The van der Waals surface area contributed by atoms with Crippen LogP contribution < -0.4 is 10.2 Å². The topological polar surface area (TPSA) is 41.1 Å². The van der Waals surface area contributed by atoms with Crippen LogP contribution in [0, 0.1) is 0 Å². The zero-order chi connectivity index (χ0) is 12.2. The zero-order valence-corrected chi connectivity index (χ0v) is 10.2. The number of piperazine rings is 1. The van der Waals surface area contributed by atoms with Crippen molar-refractivity contribution in [1.82, 2.24) is 15.3 Å². The molecule has 3 rings (SSSR count). The fraction of sp³-hybridized carbons (Fsp3) is 0.286. The molecule has 18 heavy (non-hydrogen) atoms. The molecule has 1 fully saturated rings. The standard InChI is InChI=1S/C14H16N4/c1-2-13(12-4-6-15-7-5-12)17-14(3-1)18-10-8-16-9-11-18/h1-7,16H,8-11H2. The highest BCUT2D eigenvalue weighted by atomic mass is 15.2. The van der Waals surface area contributed by atoms with E-state index in [-0.39, 0.29) is 0 Å². The van der Waals surface area contributed by atoms with E-state index < -0.39 is 0 Å². The van der Waals surface area contributed by atoms with E-state index >= 15 is 0 Å². The smallest absolute Gasteiger partial charge is 0.129 e. The van der Waals surface area contributed by atoms with Crippen LogP contribution in [0.3, 0.4) is 0 Å². The summed E-state index contributed by atoms with van der Waals surface area (Å²) in [5.41, 5.74) is 2.12. The van der Waals surface area contributed by atoms with Crippen LogP contribution in [0.5, 0.6) is 0 Å². The third-order valence-corrected chi connectivity index (χ3v) is 3.15. The molecule has 0 radical (unpaired) electrons. The highest BCUT2D eigenvalue weighted by Gasteiger charge is 2.11. The molecule has 1 N–H and O–H groups in total. The summed E-state index contributed by atoms with van der Waals surface area (Å²) in [5.74, 6) is 1.06. The SMILES string of the molecule is c1cc(-c2ccncc2)nc(N2CCNCC2)c1. The summed E-state index contributed by atoms with van der Waals surface area (Å²) in [7, 11) is 0. The van der Waals surface area contributed by atoms with Crippen LogP contribution in [0.25, 0.3) is 11.3 Å². The minimum Gasteiger partial charge on any atom is -0.354 e. The lowest BCUT2D eigenvalue weighted by Gasteiger charge is -2.28. The Morgan fingerprint density at radius 3 is 2.56 bits per heavy atom. The van der Waals surface area contributed by atoms with E-state index in [4.69, 9.17) is 4.98 Å². The molecule has 0 bridgehead atoms. The van der Waals surface area contributed by atoms with Gasteiger partial charge < -0.3 is 10.2 Å². The number of nitrogens with zero attached hydrogens (tertiary/aromatic N) is 3. The summed E-state index contributed by atoms with van der Waals surface area (Å²) in [6, 6.07) is 10.2. The van der Waals surface area contributed by atoms with Gasteiger partial charge in [0.05, 0.1) is 5.69 Å². The van der Waals surface area contributed by atoms with Crippen LogP contribution in [0.15, 0.2) is 42.7 Å². The normalized spacial score (nSPS) is 15.7. The van der Waals surface area contributed by atoms with E-state index in [9.17, 15) is 0 Å². The Morgan fingerprint density at radius 2 is 1.78 bits per heavy atom. The van der Waals surface area contributed by atoms with Gasteiger partial charge in [-0.05, 0) is 24.3 Å². The zero-order valence-electron chi connectivity index (χ0n) is 10.2. The maximum Gasteiger partial charge on any atom is 0.129 e. The van der Waals surface area contributed by atoms with Crippen molar-refractivity contribution in [3.8, 4) is 11.3 Å². The Hall–Kier alpha value is -1.94. The summed E-state index contributed by atoms with van der Waals surface area (Å²) >= 11 is 0. The number of anilines is 1. The van der Waals surface area contributed by atoms with Crippen molar-refractivity contribution < 1.29 is 0 Å². The molecule has 1 saturated heterocycles. The van der Waals surface area contributed by atoms with Crippen molar-refractivity contribution in [2.45, 2.75) is 0 Å². The van der Waals surface area contributed by atoms with Crippen LogP contribution >= 0.6 is 0 Å². The molecule has 2 aromatic rings. The van der Waals surface area contributed by atoms with Crippen molar-refractivity contribution in [2.75, 3.05) is 31.1 Å². The van der Waals surface area contributed by atoms with Gasteiger partial charge in [-0.25, -0.2) is 4.98 Å². The van der Waals surface area contributed by atoms with Gasteiger partial charge >= 0.3 is 0 Å². The van der Waals surface area contributed by atoms with E-state index in [2.05, 4.69) is 27.3 Å². The van der Waals surface area contributed by atoms with Gasteiger partial charge in [-0.15, -0.1) is 0 Å². The van der Waals surface area contributed by atoms with E-state index in [1.165, 1.54) is 0 Å². The van der Waals surface area contributed by atoms with Gasteiger partial charge in [-0.3, -0.25) is 4.98 Å². The van der Waals surface area contributed by atoms with Crippen LogP contribution in [0.1, 0.15) is 0 Å². The lowest BCUT2D eigenvalue weighted by atomic mass is 10.2. The maximum atomic E-state index is 4.74. The second-order valence-electron chi connectivity index (χ2n) is 4.35. The van der Waals surface area contributed by atoms with Crippen LogP contribution in [0.2, 0.25) is 0 Å². The fourth-order valence-electron chi connectivity index (χ4n) is 2.18. The third kappa shape index (κ3) is 2.33. The summed E-state index contributed by atoms with van der Waals surface area (Å²) in [5, 5.41) is 3.35. The van der Waals surface area contributed by atoms with E-state index in [0.29, 0.717) is 0 Å². The minimum atomic E-state index is 1.01. The molecule has 0 aliphatic carbocycles. The molecule has 1 aliphatic rings. The van der Waals surface area contributed by atoms with Crippen molar-refractivity contribution >= 4 is 5.82 Å². The molecule has 3 heterocycles. The number of rotatable bonds is 2.